The van der Waals surface area contributed by atoms with Gasteiger partial charge >= 0.3 is 5.97 Å². The Morgan fingerprint density at radius 2 is 1.88 bits per heavy atom. The maximum absolute atomic E-state index is 11.1. The third-order valence-corrected chi connectivity index (χ3v) is 3.97. The van der Waals surface area contributed by atoms with Crippen molar-refractivity contribution in [2.24, 2.45) is 4.99 Å². The lowest BCUT2D eigenvalue weighted by molar-refractivity contribution is 0.0694. The van der Waals surface area contributed by atoms with Gasteiger partial charge in [-0.15, -0.1) is 0 Å². The van der Waals surface area contributed by atoms with E-state index < -0.39 is 5.97 Å². The van der Waals surface area contributed by atoms with Crippen LogP contribution >= 0.6 is 15.9 Å². The van der Waals surface area contributed by atoms with Gasteiger partial charge in [0.25, 0.3) is 0 Å². The maximum atomic E-state index is 11.1. The van der Waals surface area contributed by atoms with Crippen LogP contribution in [0, 0.1) is 0 Å². The first-order chi connectivity index (χ1) is 11.5. The van der Waals surface area contributed by atoms with Crippen LogP contribution in [0.3, 0.4) is 0 Å². The normalized spacial score (nSPS) is 11.0. The van der Waals surface area contributed by atoms with Gasteiger partial charge < -0.3 is 14.8 Å². The Morgan fingerprint density at radius 1 is 1.12 bits per heavy atom. The van der Waals surface area contributed by atoms with E-state index in [9.17, 15) is 9.90 Å². The molecule has 0 aliphatic rings. The van der Waals surface area contributed by atoms with Crippen molar-refractivity contribution < 1.29 is 15.0 Å². The Hall–Kier alpha value is -2.86. The summed E-state index contributed by atoms with van der Waals surface area (Å²) in [6, 6.07) is 15.9. The number of nitrogens with zero attached hydrogens (tertiary/aromatic N) is 2. The molecular weight excluding hydrogens is 372 g/mol. The van der Waals surface area contributed by atoms with E-state index in [2.05, 4.69) is 20.9 Å². The molecule has 3 rings (SSSR count). The average molecular weight is 385 g/mol. The van der Waals surface area contributed by atoms with Gasteiger partial charge in [-0.25, -0.2) is 4.79 Å². The van der Waals surface area contributed by atoms with Gasteiger partial charge in [0, 0.05) is 16.4 Å². The highest BCUT2D eigenvalue weighted by atomic mass is 79.9. The van der Waals surface area contributed by atoms with Gasteiger partial charge in [0.2, 0.25) is 0 Å². The van der Waals surface area contributed by atoms with Gasteiger partial charge in [0.05, 0.1) is 17.6 Å². The van der Waals surface area contributed by atoms with Crippen molar-refractivity contribution in [1.29, 1.82) is 0 Å². The molecule has 0 radical (unpaired) electrons. The second-order valence-electron chi connectivity index (χ2n) is 5.04. The Balaban J connectivity index is 1.91. The van der Waals surface area contributed by atoms with Crippen molar-refractivity contribution in [2.75, 3.05) is 0 Å². The van der Waals surface area contributed by atoms with E-state index in [0.717, 1.165) is 15.9 Å². The van der Waals surface area contributed by atoms with Crippen LogP contribution in [0.5, 0.6) is 5.75 Å². The van der Waals surface area contributed by atoms with E-state index in [-0.39, 0.29) is 11.3 Å². The second kappa shape index (κ2) is 6.72. The number of aromatic carboxylic acids is 1. The van der Waals surface area contributed by atoms with Crippen molar-refractivity contribution in [3.63, 3.8) is 0 Å². The van der Waals surface area contributed by atoms with Crippen molar-refractivity contribution in [3.8, 4) is 11.4 Å². The molecule has 0 spiro atoms. The summed E-state index contributed by atoms with van der Waals surface area (Å²) in [6.45, 7) is 0. The van der Waals surface area contributed by atoms with Gasteiger partial charge in [-0.05, 0) is 54.6 Å². The molecule has 2 N–H and O–H groups in total. The van der Waals surface area contributed by atoms with Gasteiger partial charge in [-0.3, -0.25) is 4.99 Å². The molecular formula is C18H13BrN2O3. The molecule has 2 aromatic carbocycles. The summed E-state index contributed by atoms with van der Waals surface area (Å²) in [4.78, 5) is 15.4. The third kappa shape index (κ3) is 3.38. The van der Waals surface area contributed by atoms with E-state index in [1.54, 1.807) is 12.3 Å². The van der Waals surface area contributed by atoms with Crippen molar-refractivity contribution in [1.82, 2.24) is 4.57 Å². The fourth-order valence-corrected chi connectivity index (χ4v) is 2.52. The molecule has 3 aromatic rings. The summed E-state index contributed by atoms with van der Waals surface area (Å²) in [5.41, 5.74) is 2.12. The maximum Gasteiger partial charge on any atom is 0.339 e. The molecule has 0 atom stereocenters. The lowest BCUT2D eigenvalue weighted by atomic mass is 10.2. The largest absolute Gasteiger partial charge is 0.507 e. The minimum Gasteiger partial charge on any atom is -0.507 e. The number of carboxylic acids is 1. The molecule has 24 heavy (non-hydrogen) atoms. The van der Waals surface area contributed by atoms with Crippen molar-refractivity contribution in [2.45, 2.75) is 0 Å². The Bertz CT molecular complexity index is 914. The number of aliphatic imine (C=N–C) groups is 1. The van der Waals surface area contributed by atoms with E-state index in [0.29, 0.717) is 5.69 Å². The van der Waals surface area contributed by atoms with Crippen LogP contribution in [-0.4, -0.2) is 27.0 Å². The zero-order valence-electron chi connectivity index (χ0n) is 12.4. The molecule has 0 aliphatic carbocycles. The predicted octanol–water partition coefficient (Wildman–Crippen LogP) is 4.39. The summed E-state index contributed by atoms with van der Waals surface area (Å²) in [5, 5.41) is 18.6. The van der Waals surface area contributed by atoms with Crippen LogP contribution in [0.2, 0.25) is 0 Å². The minimum atomic E-state index is -1.19. The number of carboxylic acid groups (broad SMARTS) is 1. The molecule has 0 saturated heterocycles. The van der Waals surface area contributed by atoms with Crippen molar-refractivity contribution >= 4 is 33.8 Å². The lowest BCUT2D eigenvalue weighted by Crippen LogP contribution is -1.98. The molecule has 0 unspecified atom stereocenters. The highest BCUT2D eigenvalue weighted by molar-refractivity contribution is 9.10. The number of aromatic nitrogens is 1. The first kappa shape index (κ1) is 16.0. The van der Waals surface area contributed by atoms with Gasteiger partial charge in [-0.1, -0.05) is 15.9 Å². The van der Waals surface area contributed by atoms with Crippen LogP contribution in [-0.2, 0) is 0 Å². The highest BCUT2D eigenvalue weighted by Crippen LogP contribution is 2.23. The molecule has 120 valence electrons. The Morgan fingerprint density at radius 3 is 2.58 bits per heavy atom. The molecule has 0 saturated carbocycles. The molecule has 0 aliphatic heterocycles. The SMILES string of the molecule is O=C(O)c1cc(N=Cc2cccn2-c2ccc(Br)cc2)ccc1O. The summed E-state index contributed by atoms with van der Waals surface area (Å²) >= 11 is 3.41. The molecule has 5 nitrogen and oxygen atoms in total. The van der Waals surface area contributed by atoms with Crippen LogP contribution in [0.4, 0.5) is 5.69 Å². The number of phenols is 1. The van der Waals surface area contributed by atoms with Crippen molar-refractivity contribution in [3.05, 3.63) is 76.5 Å². The van der Waals surface area contributed by atoms with Crippen LogP contribution in [0.25, 0.3) is 5.69 Å². The topological polar surface area (TPSA) is 74.8 Å². The highest BCUT2D eigenvalue weighted by Gasteiger charge is 2.09. The first-order valence-corrected chi connectivity index (χ1v) is 7.87. The Kier molecular flexibility index (Phi) is 4.48. The molecule has 0 amide bonds. The number of hydrogen-bond acceptors (Lipinski definition) is 3. The van der Waals surface area contributed by atoms with Gasteiger partial charge in [0.1, 0.15) is 11.3 Å². The number of halogens is 1. The number of aromatic hydroxyl groups is 1. The fourth-order valence-electron chi connectivity index (χ4n) is 2.25. The fraction of sp³-hybridized carbons (Fsp3) is 0. The molecule has 1 heterocycles. The summed E-state index contributed by atoms with van der Waals surface area (Å²) < 4.78 is 2.97. The van der Waals surface area contributed by atoms with Crippen LogP contribution < -0.4 is 0 Å². The molecule has 1 aromatic heterocycles. The van der Waals surface area contributed by atoms with E-state index in [1.807, 2.05) is 47.2 Å². The zero-order valence-corrected chi connectivity index (χ0v) is 14.0. The first-order valence-electron chi connectivity index (χ1n) is 7.08. The number of rotatable bonds is 4. The molecule has 0 bridgehead atoms. The van der Waals surface area contributed by atoms with E-state index in [1.165, 1.54) is 12.1 Å². The van der Waals surface area contributed by atoms with E-state index in [4.69, 9.17) is 5.11 Å². The smallest absolute Gasteiger partial charge is 0.339 e. The predicted molar refractivity (Wildman–Crippen MR) is 95.8 cm³/mol. The second-order valence-corrected chi connectivity index (χ2v) is 5.96. The number of benzene rings is 2. The third-order valence-electron chi connectivity index (χ3n) is 3.44. The minimum absolute atomic E-state index is 0.173. The van der Waals surface area contributed by atoms with Crippen LogP contribution in [0.15, 0.2) is 70.3 Å². The molecule has 6 heteroatoms. The van der Waals surface area contributed by atoms with Gasteiger partial charge in [0.15, 0.2) is 0 Å². The number of hydrogen-bond donors (Lipinski definition) is 2. The summed E-state index contributed by atoms with van der Waals surface area (Å²) in [7, 11) is 0. The Labute approximate surface area is 146 Å². The summed E-state index contributed by atoms with van der Waals surface area (Å²) in [6.07, 6.45) is 3.57. The number of carbonyl (C=O) groups is 1. The standard InChI is InChI=1S/C18H13BrN2O3/c19-12-3-6-14(7-4-12)21-9-1-2-15(21)11-20-13-5-8-17(22)16(10-13)18(23)24/h1-11,22H,(H,23,24). The average Bonchev–Trinajstić information content (AvgIpc) is 3.03. The monoisotopic (exact) mass is 384 g/mol. The zero-order chi connectivity index (χ0) is 17.1. The quantitative estimate of drug-likeness (QED) is 0.654. The molecule has 0 fully saturated rings. The van der Waals surface area contributed by atoms with Crippen LogP contribution in [0.1, 0.15) is 16.1 Å². The van der Waals surface area contributed by atoms with E-state index >= 15 is 0 Å². The summed E-state index contributed by atoms with van der Waals surface area (Å²) in [5.74, 6) is -1.47. The van der Waals surface area contributed by atoms with Gasteiger partial charge in [-0.2, -0.15) is 0 Å². The lowest BCUT2D eigenvalue weighted by Gasteiger charge is -2.06.